The molecule has 0 radical (unpaired) electrons. The lowest BCUT2D eigenvalue weighted by Crippen LogP contribution is -2.31. The summed E-state index contributed by atoms with van der Waals surface area (Å²) in [5, 5.41) is 12.5. The van der Waals surface area contributed by atoms with E-state index in [-0.39, 0.29) is 18.6 Å². The maximum Gasteiger partial charge on any atom is 0.135 e. The van der Waals surface area contributed by atoms with Crippen LogP contribution in [0.2, 0.25) is 0 Å². The van der Waals surface area contributed by atoms with Crippen molar-refractivity contribution in [1.82, 2.24) is 9.97 Å². The summed E-state index contributed by atoms with van der Waals surface area (Å²) in [6.07, 6.45) is 1.03. The summed E-state index contributed by atoms with van der Waals surface area (Å²) < 4.78 is 0. The van der Waals surface area contributed by atoms with Crippen molar-refractivity contribution in [3.05, 3.63) is 47.3 Å². The van der Waals surface area contributed by atoms with Gasteiger partial charge in [0.2, 0.25) is 0 Å². The van der Waals surface area contributed by atoms with Crippen molar-refractivity contribution in [2.45, 2.75) is 45.7 Å². The number of anilines is 2. The fourth-order valence-electron chi connectivity index (χ4n) is 2.94. The van der Waals surface area contributed by atoms with Crippen LogP contribution in [0.3, 0.4) is 0 Å². The summed E-state index contributed by atoms with van der Waals surface area (Å²) in [5.41, 5.74) is 2.80. The molecule has 2 N–H and O–H groups in total. The third-order valence-electron chi connectivity index (χ3n) is 4.37. The molecule has 1 aromatic carbocycles. The first-order valence-corrected chi connectivity index (χ1v) is 8.65. The van der Waals surface area contributed by atoms with Crippen molar-refractivity contribution in [3.63, 3.8) is 0 Å². The van der Waals surface area contributed by atoms with E-state index in [4.69, 9.17) is 4.98 Å². The fourth-order valence-corrected chi connectivity index (χ4v) is 2.94. The summed E-state index contributed by atoms with van der Waals surface area (Å²) in [6, 6.07) is 10.6. The van der Waals surface area contributed by atoms with Crippen LogP contribution in [0.15, 0.2) is 30.3 Å². The van der Waals surface area contributed by atoms with Crippen molar-refractivity contribution in [1.29, 1.82) is 0 Å². The molecule has 0 saturated heterocycles. The van der Waals surface area contributed by atoms with E-state index in [1.165, 1.54) is 11.1 Å². The maximum atomic E-state index is 9.29. The van der Waals surface area contributed by atoms with E-state index in [9.17, 15) is 5.11 Å². The van der Waals surface area contributed by atoms with E-state index in [2.05, 4.69) is 53.3 Å². The fraction of sp³-hybridized carbons (Fsp3) is 0.474. The molecule has 0 aliphatic carbocycles. The Morgan fingerprint density at radius 1 is 1.17 bits per heavy atom. The molecule has 128 valence electrons. The quantitative estimate of drug-likeness (QED) is 0.884. The van der Waals surface area contributed by atoms with Gasteiger partial charge in [0.25, 0.3) is 0 Å². The van der Waals surface area contributed by atoms with Crippen LogP contribution < -0.4 is 10.2 Å². The molecule has 3 rings (SSSR count). The van der Waals surface area contributed by atoms with Gasteiger partial charge in [-0.25, -0.2) is 9.97 Å². The van der Waals surface area contributed by atoms with Crippen LogP contribution in [0.1, 0.15) is 43.6 Å². The number of fused-ring (bicyclic) bond motifs is 1. The first-order chi connectivity index (χ1) is 11.6. The minimum absolute atomic E-state index is 0.0326. The van der Waals surface area contributed by atoms with Crippen molar-refractivity contribution in [2.24, 2.45) is 0 Å². The van der Waals surface area contributed by atoms with Gasteiger partial charge in [0.05, 0.1) is 6.61 Å². The highest BCUT2D eigenvalue weighted by atomic mass is 16.3. The van der Waals surface area contributed by atoms with E-state index in [1.807, 2.05) is 13.0 Å². The van der Waals surface area contributed by atoms with Crippen LogP contribution in [0.4, 0.5) is 11.6 Å². The second-order valence-corrected chi connectivity index (χ2v) is 6.79. The summed E-state index contributed by atoms with van der Waals surface area (Å²) >= 11 is 0. The largest absolute Gasteiger partial charge is 0.394 e. The standard InChI is InChI=1S/C19H26N4O/c1-13(2)19-21-17(20-14(3)12-24)10-18(22-19)23-9-8-15-6-4-5-7-16(15)11-23/h4-7,10,13-14,24H,8-9,11-12H2,1-3H3,(H,20,21,22)/t14-/m1/s1. The van der Waals surface area contributed by atoms with Gasteiger partial charge in [-0.15, -0.1) is 0 Å². The molecule has 1 aliphatic rings. The van der Waals surface area contributed by atoms with Crippen LogP contribution in [-0.4, -0.2) is 34.3 Å². The zero-order chi connectivity index (χ0) is 17.1. The molecular formula is C19H26N4O. The van der Waals surface area contributed by atoms with Crippen LogP contribution >= 0.6 is 0 Å². The monoisotopic (exact) mass is 326 g/mol. The van der Waals surface area contributed by atoms with Gasteiger partial charge in [0.1, 0.15) is 17.5 Å². The van der Waals surface area contributed by atoms with Gasteiger partial charge in [-0.1, -0.05) is 38.1 Å². The van der Waals surface area contributed by atoms with Gasteiger partial charge in [-0.2, -0.15) is 0 Å². The molecular weight excluding hydrogens is 300 g/mol. The number of hydrogen-bond donors (Lipinski definition) is 2. The van der Waals surface area contributed by atoms with Crippen molar-refractivity contribution in [3.8, 4) is 0 Å². The van der Waals surface area contributed by atoms with Gasteiger partial charge in [-0.05, 0) is 24.5 Å². The number of rotatable bonds is 5. The smallest absolute Gasteiger partial charge is 0.135 e. The Bertz CT molecular complexity index is 702. The zero-order valence-corrected chi connectivity index (χ0v) is 14.7. The highest BCUT2D eigenvalue weighted by Crippen LogP contribution is 2.26. The first-order valence-electron chi connectivity index (χ1n) is 8.65. The summed E-state index contributed by atoms with van der Waals surface area (Å²) in [7, 11) is 0. The third kappa shape index (κ3) is 3.67. The molecule has 0 spiro atoms. The third-order valence-corrected chi connectivity index (χ3v) is 4.37. The lowest BCUT2D eigenvalue weighted by Gasteiger charge is -2.30. The Morgan fingerprint density at radius 2 is 1.92 bits per heavy atom. The average molecular weight is 326 g/mol. The normalized spacial score (nSPS) is 15.3. The van der Waals surface area contributed by atoms with E-state index < -0.39 is 0 Å². The molecule has 0 unspecified atom stereocenters. The van der Waals surface area contributed by atoms with Crippen molar-refractivity contribution in [2.75, 3.05) is 23.4 Å². The maximum absolute atomic E-state index is 9.29. The Hall–Kier alpha value is -2.14. The number of aliphatic hydroxyl groups excluding tert-OH is 1. The topological polar surface area (TPSA) is 61.3 Å². The molecule has 1 atom stereocenters. The van der Waals surface area contributed by atoms with Crippen LogP contribution in [0.5, 0.6) is 0 Å². The second kappa shape index (κ2) is 7.18. The molecule has 2 aromatic rings. The molecule has 5 nitrogen and oxygen atoms in total. The van der Waals surface area contributed by atoms with Crippen LogP contribution in [-0.2, 0) is 13.0 Å². The van der Waals surface area contributed by atoms with E-state index in [0.29, 0.717) is 0 Å². The minimum atomic E-state index is -0.0326. The minimum Gasteiger partial charge on any atom is -0.394 e. The predicted octanol–water partition coefficient (Wildman–Crippen LogP) is 2.96. The summed E-state index contributed by atoms with van der Waals surface area (Å²) in [5.74, 6) is 2.82. The SMILES string of the molecule is CC(C)c1nc(N[C@H](C)CO)cc(N2CCc3ccccc3C2)n1. The Morgan fingerprint density at radius 3 is 2.62 bits per heavy atom. The molecule has 0 bridgehead atoms. The predicted molar refractivity (Wildman–Crippen MR) is 97.5 cm³/mol. The van der Waals surface area contributed by atoms with Crippen LogP contribution in [0.25, 0.3) is 0 Å². The van der Waals surface area contributed by atoms with Crippen molar-refractivity contribution < 1.29 is 5.11 Å². The second-order valence-electron chi connectivity index (χ2n) is 6.79. The highest BCUT2D eigenvalue weighted by molar-refractivity contribution is 5.52. The van der Waals surface area contributed by atoms with Gasteiger partial charge >= 0.3 is 0 Å². The van der Waals surface area contributed by atoms with E-state index in [0.717, 1.165) is 37.0 Å². The number of aliphatic hydroxyl groups is 1. The van der Waals surface area contributed by atoms with Gasteiger partial charge in [-0.3, -0.25) is 0 Å². The van der Waals surface area contributed by atoms with Gasteiger partial charge in [0, 0.05) is 31.1 Å². The molecule has 24 heavy (non-hydrogen) atoms. The summed E-state index contributed by atoms with van der Waals surface area (Å²) in [6.45, 7) is 8.05. The Kier molecular flexibility index (Phi) is 5.00. The number of benzene rings is 1. The Balaban J connectivity index is 1.89. The number of hydrogen-bond acceptors (Lipinski definition) is 5. The first kappa shape index (κ1) is 16.7. The molecule has 5 heteroatoms. The highest BCUT2D eigenvalue weighted by Gasteiger charge is 2.19. The Labute approximate surface area is 143 Å². The van der Waals surface area contributed by atoms with Crippen molar-refractivity contribution >= 4 is 11.6 Å². The molecule has 0 saturated carbocycles. The number of aromatic nitrogens is 2. The number of nitrogens with zero attached hydrogens (tertiary/aromatic N) is 3. The van der Waals surface area contributed by atoms with E-state index >= 15 is 0 Å². The number of nitrogens with one attached hydrogen (secondary N) is 1. The molecule has 0 amide bonds. The molecule has 0 fully saturated rings. The molecule has 1 aromatic heterocycles. The van der Waals surface area contributed by atoms with Crippen LogP contribution in [0, 0.1) is 0 Å². The van der Waals surface area contributed by atoms with Gasteiger partial charge < -0.3 is 15.3 Å². The zero-order valence-electron chi connectivity index (χ0n) is 14.7. The lowest BCUT2D eigenvalue weighted by molar-refractivity contribution is 0.281. The lowest BCUT2D eigenvalue weighted by atomic mass is 10.00. The average Bonchev–Trinajstić information content (AvgIpc) is 2.60. The van der Waals surface area contributed by atoms with Gasteiger partial charge in [0.15, 0.2) is 0 Å². The molecule has 1 aliphatic heterocycles. The van der Waals surface area contributed by atoms with E-state index in [1.54, 1.807) is 0 Å². The summed E-state index contributed by atoms with van der Waals surface area (Å²) in [4.78, 5) is 11.7. The molecule has 2 heterocycles.